The lowest BCUT2D eigenvalue weighted by Crippen LogP contribution is -2.54. The first-order chi connectivity index (χ1) is 8.72. The fraction of sp³-hybridized carbons (Fsp3) is 0.846. The lowest BCUT2D eigenvalue weighted by atomic mass is 9.93. The maximum atomic E-state index is 12.0. The number of carbonyl (C=O) groups excluding carboxylic acids is 2. The molecule has 2 aliphatic heterocycles. The average Bonchev–Trinajstić information content (AvgIpc) is 2.34. The first-order valence-electron chi connectivity index (χ1n) is 6.99. The molecule has 2 aliphatic rings. The number of likely N-dealkylation sites (tertiary alicyclic amines) is 1. The number of rotatable bonds is 4. The van der Waals surface area contributed by atoms with E-state index in [1.807, 2.05) is 11.8 Å². The molecular formula is C13H24ClN3O2. The summed E-state index contributed by atoms with van der Waals surface area (Å²) in [7, 11) is 0. The molecule has 0 atom stereocenters. The van der Waals surface area contributed by atoms with E-state index in [1.165, 1.54) is 0 Å². The van der Waals surface area contributed by atoms with Crippen LogP contribution in [0.15, 0.2) is 0 Å². The van der Waals surface area contributed by atoms with E-state index in [0.717, 1.165) is 52.0 Å². The number of carbonyl (C=O) groups is 2. The van der Waals surface area contributed by atoms with Crippen LogP contribution in [0.25, 0.3) is 0 Å². The summed E-state index contributed by atoms with van der Waals surface area (Å²) < 4.78 is 0. The van der Waals surface area contributed by atoms with E-state index in [9.17, 15) is 9.59 Å². The molecule has 0 unspecified atom stereocenters. The smallest absolute Gasteiger partial charge is 0.228 e. The van der Waals surface area contributed by atoms with Crippen LogP contribution in [-0.4, -0.2) is 49.4 Å². The van der Waals surface area contributed by atoms with Gasteiger partial charge in [0, 0.05) is 38.6 Å². The summed E-state index contributed by atoms with van der Waals surface area (Å²) in [5.41, 5.74) is 0. The Labute approximate surface area is 120 Å². The molecule has 2 rings (SSSR count). The van der Waals surface area contributed by atoms with Gasteiger partial charge in [-0.2, -0.15) is 0 Å². The van der Waals surface area contributed by atoms with Crippen molar-refractivity contribution in [2.75, 3.05) is 32.7 Å². The Balaban J connectivity index is 0.00000180. The molecule has 2 amide bonds. The van der Waals surface area contributed by atoms with Crippen molar-refractivity contribution in [3.05, 3.63) is 0 Å². The molecule has 19 heavy (non-hydrogen) atoms. The second-order valence-electron chi connectivity index (χ2n) is 5.25. The number of halogens is 1. The average molecular weight is 290 g/mol. The fourth-order valence-corrected chi connectivity index (χ4v) is 2.48. The Morgan fingerprint density at radius 1 is 1.21 bits per heavy atom. The summed E-state index contributed by atoms with van der Waals surface area (Å²) in [6, 6.07) is 0. The molecule has 0 saturated carbocycles. The third kappa shape index (κ3) is 4.08. The standard InChI is InChI=1S/C13H23N3O2.ClH/c1-2-5-15-12(17)10-3-6-16(7-4-10)13(18)11-8-14-9-11;/h10-11,14H,2-9H2,1H3,(H,15,17);1H. The normalized spacial score (nSPS) is 20.4. The van der Waals surface area contributed by atoms with Gasteiger partial charge in [-0.3, -0.25) is 9.59 Å². The van der Waals surface area contributed by atoms with Crippen LogP contribution < -0.4 is 10.6 Å². The zero-order valence-electron chi connectivity index (χ0n) is 11.5. The number of nitrogens with zero attached hydrogens (tertiary/aromatic N) is 1. The fourth-order valence-electron chi connectivity index (χ4n) is 2.48. The van der Waals surface area contributed by atoms with E-state index in [4.69, 9.17) is 0 Å². The lowest BCUT2D eigenvalue weighted by Gasteiger charge is -2.36. The van der Waals surface area contributed by atoms with Crippen LogP contribution >= 0.6 is 12.4 Å². The highest BCUT2D eigenvalue weighted by Gasteiger charge is 2.32. The molecule has 2 heterocycles. The van der Waals surface area contributed by atoms with Crippen LogP contribution in [0.3, 0.4) is 0 Å². The van der Waals surface area contributed by atoms with E-state index in [0.29, 0.717) is 0 Å². The van der Waals surface area contributed by atoms with Gasteiger partial charge >= 0.3 is 0 Å². The molecule has 0 aromatic heterocycles. The highest BCUT2D eigenvalue weighted by molar-refractivity contribution is 5.85. The van der Waals surface area contributed by atoms with Crippen LogP contribution in [0.1, 0.15) is 26.2 Å². The first-order valence-corrected chi connectivity index (χ1v) is 6.99. The third-order valence-electron chi connectivity index (χ3n) is 3.86. The minimum atomic E-state index is 0. The monoisotopic (exact) mass is 289 g/mol. The summed E-state index contributed by atoms with van der Waals surface area (Å²) >= 11 is 0. The molecule has 0 aromatic rings. The predicted octanol–water partition coefficient (Wildman–Crippen LogP) is 0.392. The number of hydrogen-bond acceptors (Lipinski definition) is 3. The van der Waals surface area contributed by atoms with Crippen molar-refractivity contribution in [1.29, 1.82) is 0 Å². The Morgan fingerprint density at radius 2 is 1.84 bits per heavy atom. The van der Waals surface area contributed by atoms with Crippen molar-refractivity contribution >= 4 is 24.2 Å². The van der Waals surface area contributed by atoms with Gasteiger partial charge in [0.1, 0.15) is 0 Å². The Morgan fingerprint density at radius 3 is 2.32 bits per heavy atom. The molecule has 6 heteroatoms. The maximum Gasteiger partial charge on any atom is 0.228 e. The summed E-state index contributed by atoms with van der Waals surface area (Å²) in [6.45, 7) is 5.91. The Hall–Kier alpha value is -0.810. The zero-order valence-corrected chi connectivity index (χ0v) is 12.3. The van der Waals surface area contributed by atoms with Crippen molar-refractivity contribution in [3.63, 3.8) is 0 Å². The zero-order chi connectivity index (χ0) is 13.0. The van der Waals surface area contributed by atoms with Crippen molar-refractivity contribution < 1.29 is 9.59 Å². The third-order valence-corrected chi connectivity index (χ3v) is 3.86. The van der Waals surface area contributed by atoms with E-state index in [-0.39, 0.29) is 36.1 Å². The topological polar surface area (TPSA) is 61.4 Å². The van der Waals surface area contributed by atoms with Gasteiger partial charge in [0.15, 0.2) is 0 Å². The van der Waals surface area contributed by atoms with Gasteiger partial charge in [-0.15, -0.1) is 12.4 Å². The van der Waals surface area contributed by atoms with Gasteiger partial charge in [0.2, 0.25) is 11.8 Å². The van der Waals surface area contributed by atoms with Crippen molar-refractivity contribution in [2.24, 2.45) is 11.8 Å². The van der Waals surface area contributed by atoms with Crippen LogP contribution in [0.4, 0.5) is 0 Å². The number of piperidine rings is 1. The predicted molar refractivity (Wildman–Crippen MR) is 76.2 cm³/mol. The minimum Gasteiger partial charge on any atom is -0.356 e. The molecule has 0 aliphatic carbocycles. The van der Waals surface area contributed by atoms with E-state index in [1.54, 1.807) is 0 Å². The van der Waals surface area contributed by atoms with Gasteiger partial charge in [0.05, 0.1) is 5.92 Å². The number of nitrogens with one attached hydrogen (secondary N) is 2. The summed E-state index contributed by atoms with van der Waals surface area (Å²) in [4.78, 5) is 25.8. The van der Waals surface area contributed by atoms with E-state index >= 15 is 0 Å². The maximum absolute atomic E-state index is 12.0. The molecular weight excluding hydrogens is 266 g/mol. The first kappa shape index (κ1) is 16.2. The number of amides is 2. The lowest BCUT2D eigenvalue weighted by molar-refractivity contribution is -0.140. The van der Waals surface area contributed by atoms with E-state index < -0.39 is 0 Å². The van der Waals surface area contributed by atoms with Crippen LogP contribution in [0.2, 0.25) is 0 Å². The quantitative estimate of drug-likeness (QED) is 0.787. The van der Waals surface area contributed by atoms with Gasteiger partial charge < -0.3 is 15.5 Å². The van der Waals surface area contributed by atoms with E-state index in [2.05, 4.69) is 10.6 Å². The molecule has 0 spiro atoms. The summed E-state index contributed by atoms with van der Waals surface area (Å²) in [6.07, 6.45) is 2.58. The Kier molecular flexibility index (Phi) is 6.58. The van der Waals surface area contributed by atoms with Crippen LogP contribution in [0, 0.1) is 11.8 Å². The van der Waals surface area contributed by atoms with Crippen molar-refractivity contribution in [2.45, 2.75) is 26.2 Å². The molecule has 110 valence electrons. The van der Waals surface area contributed by atoms with Gasteiger partial charge in [-0.25, -0.2) is 0 Å². The molecule has 2 fully saturated rings. The highest BCUT2D eigenvalue weighted by atomic mass is 35.5. The second kappa shape index (κ2) is 7.70. The van der Waals surface area contributed by atoms with Crippen LogP contribution in [-0.2, 0) is 9.59 Å². The largest absolute Gasteiger partial charge is 0.356 e. The SMILES string of the molecule is CCCNC(=O)C1CCN(C(=O)C2CNC2)CC1.Cl. The molecule has 0 bridgehead atoms. The molecule has 0 aromatic carbocycles. The second-order valence-corrected chi connectivity index (χ2v) is 5.25. The van der Waals surface area contributed by atoms with Crippen molar-refractivity contribution in [3.8, 4) is 0 Å². The summed E-state index contributed by atoms with van der Waals surface area (Å²) in [5, 5.41) is 6.06. The molecule has 2 N–H and O–H groups in total. The van der Waals surface area contributed by atoms with Gasteiger partial charge in [-0.1, -0.05) is 6.92 Å². The highest BCUT2D eigenvalue weighted by Crippen LogP contribution is 2.20. The number of hydrogen-bond donors (Lipinski definition) is 2. The minimum absolute atomic E-state index is 0. The van der Waals surface area contributed by atoms with Gasteiger partial charge in [0.25, 0.3) is 0 Å². The van der Waals surface area contributed by atoms with Gasteiger partial charge in [-0.05, 0) is 19.3 Å². The molecule has 5 nitrogen and oxygen atoms in total. The van der Waals surface area contributed by atoms with Crippen LogP contribution in [0.5, 0.6) is 0 Å². The van der Waals surface area contributed by atoms with Crippen molar-refractivity contribution in [1.82, 2.24) is 15.5 Å². The Bertz CT molecular complexity index is 313. The summed E-state index contributed by atoms with van der Waals surface area (Å²) in [5.74, 6) is 0.700. The molecule has 2 saturated heterocycles. The molecule has 0 radical (unpaired) electrons.